The van der Waals surface area contributed by atoms with Gasteiger partial charge in [0.2, 0.25) is 0 Å². The van der Waals surface area contributed by atoms with Gasteiger partial charge in [-0.3, -0.25) is 4.90 Å². The quantitative estimate of drug-likeness (QED) is 0.612. The van der Waals surface area contributed by atoms with E-state index in [1.54, 1.807) is 0 Å². The zero-order valence-corrected chi connectivity index (χ0v) is 11.8. The van der Waals surface area contributed by atoms with E-state index in [0.717, 1.165) is 45.2 Å². The molecule has 102 valence electrons. The molecule has 1 rings (SSSR count). The Labute approximate surface area is 106 Å². The van der Waals surface area contributed by atoms with Crippen molar-refractivity contribution in [3.8, 4) is 0 Å². The summed E-state index contributed by atoms with van der Waals surface area (Å²) < 4.78 is 11.4. The van der Waals surface area contributed by atoms with Crippen molar-refractivity contribution >= 4 is 0 Å². The van der Waals surface area contributed by atoms with Gasteiger partial charge in [-0.15, -0.1) is 0 Å². The highest BCUT2D eigenvalue weighted by Crippen LogP contribution is 2.08. The number of hydrogen-bond acceptors (Lipinski definition) is 3. The van der Waals surface area contributed by atoms with Crippen LogP contribution in [0.5, 0.6) is 0 Å². The van der Waals surface area contributed by atoms with Crippen molar-refractivity contribution in [3.63, 3.8) is 0 Å². The standard InChI is InChI=1S/C14H29NO2/c1-4-5-7-15-8-10-17-14(11-15)12-16-9-6-13(2)3/h13-14H,4-12H2,1-3H3. The van der Waals surface area contributed by atoms with E-state index in [9.17, 15) is 0 Å². The van der Waals surface area contributed by atoms with E-state index in [1.165, 1.54) is 19.4 Å². The maximum atomic E-state index is 5.73. The maximum absolute atomic E-state index is 5.73. The number of hydrogen-bond donors (Lipinski definition) is 0. The molecule has 3 nitrogen and oxygen atoms in total. The first-order chi connectivity index (χ1) is 8.22. The highest BCUT2D eigenvalue weighted by Gasteiger charge is 2.19. The molecule has 0 aromatic rings. The first-order valence-electron chi connectivity index (χ1n) is 7.14. The van der Waals surface area contributed by atoms with Gasteiger partial charge in [-0.1, -0.05) is 27.2 Å². The predicted octanol–water partition coefficient (Wildman–Crippen LogP) is 2.55. The van der Waals surface area contributed by atoms with Crippen LogP contribution in [0.1, 0.15) is 40.0 Å². The fraction of sp³-hybridized carbons (Fsp3) is 1.00. The summed E-state index contributed by atoms with van der Waals surface area (Å²) in [7, 11) is 0. The van der Waals surface area contributed by atoms with Gasteiger partial charge in [-0.2, -0.15) is 0 Å². The Morgan fingerprint density at radius 3 is 2.94 bits per heavy atom. The monoisotopic (exact) mass is 243 g/mol. The lowest BCUT2D eigenvalue weighted by Gasteiger charge is -2.32. The Morgan fingerprint density at radius 1 is 1.41 bits per heavy atom. The maximum Gasteiger partial charge on any atom is 0.0935 e. The molecule has 0 aromatic carbocycles. The molecule has 0 bridgehead atoms. The SMILES string of the molecule is CCCCN1CCOC(COCCC(C)C)C1. The summed E-state index contributed by atoms with van der Waals surface area (Å²) in [5, 5.41) is 0. The lowest BCUT2D eigenvalue weighted by Crippen LogP contribution is -2.44. The molecule has 0 amide bonds. The van der Waals surface area contributed by atoms with Crippen molar-refractivity contribution in [2.75, 3.05) is 39.5 Å². The van der Waals surface area contributed by atoms with Crippen molar-refractivity contribution in [1.82, 2.24) is 4.90 Å². The number of nitrogens with zero attached hydrogens (tertiary/aromatic N) is 1. The molecule has 0 N–H and O–H groups in total. The van der Waals surface area contributed by atoms with Crippen LogP contribution in [0.4, 0.5) is 0 Å². The fourth-order valence-corrected chi connectivity index (χ4v) is 2.00. The predicted molar refractivity (Wildman–Crippen MR) is 71.4 cm³/mol. The molecule has 1 atom stereocenters. The zero-order chi connectivity index (χ0) is 12.5. The molecule has 1 aliphatic heterocycles. The third kappa shape index (κ3) is 7.02. The molecule has 1 heterocycles. The van der Waals surface area contributed by atoms with Crippen molar-refractivity contribution in [2.24, 2.45) is 5.92 Å². The third-order valence-corrected chi connectivity index (χ3v) is 3.19. The minimum atomic E-state index is 0.285. The van der Waals surface area contributed by atoms with Crippen molar-refractivity contribution in [3.05, 3.63) is 0 Å². The second-order valence-electron chi connectivity index (χ2n) is 5.40. The second kappa shape index (κ2) is 8.90. The fourth-order valence-electron chi connectivity index (χ4n) is 2.00. The molecule has 0 saturated carbocycles. The van der Waals surface area contributed by atoms with Crippen LogP contribution in [0.25, 0.3) is 0 Å². The molecule has 0 radical (unpaired) electrons. The van der Waals surface area contributed by atoms with Crippen molar-refractivity contribution in [1.29, 1.82) is 0 Å². The Kier molecular flexibility index (Phi) is 7.82. The van der Waals surface area contributed by atoms with Crippen LogP contribution in [0.15, 0.2) is 0 Å². The molecule has 0 aromatic heterocycles. The molecular formula is C14H29NO2. The zero-order valence-electron chi connectivity index (χ0n) is 11.8. The van der Waals surface area contributed by atoms with Gasteiger partial charge in [-0.25, -0.2) is 0 Å². The van der Waals surface area contributed by atoms with Crippen LogP contribution in [0, 0.1) is 5.92 Å². The van der Waals surface area contributed by atoms with E-state index in [2.05, 4.69) is 25.7 Å². The molecule has 3 heteroatoms. The average molecular weight is 243 g/mol. The van der Waals surface area contributed by atoms with Gasteiger partial charge in [0.25, 0.3) is 0 Å². The van der Waals surface area contributed by atoms with Crippen LogP contribution < -0.4 is 0 Å². The van der Waals surface area contributed by atoms with E-state index in [1.807, 2.05) is 0 Å². The summed E-state index contributed by atoms with van der Waals surface area (Å²) in [5.41, 5.74) is 0. The Balaban J connectivity index is 2.07. The molecule has 1 fully saturated rings. The van der Waals surface area contributed by atoms with Gasteiger partial charge in [0.1, 0.15) is 0 Å². The summed E-state index contributed by atoms with van der Waals surface area (Å²) in [5.74, 6) is 0.725. The van der Waals surface area contributed by atoms with Gasteiger partial charge in [-0.05, 0) is 25.3 Å². The van der Waals surface area contributed by atoms with Crippen molar-refractivity contribution < 1.29 is 9.47 Å². The number of rotatable bonds is 8. The summed E-state index contributed by atoms with van der Waals surface area (Å²) in [6.45, 7) is 12.5. The van der Waals surface area contributed by atoms with Crippen LogP contribution in [0.2, 0.25) is 0 Å². The van der Waals surface area contributed by atoms with Gasteiger partial charge in [0.05, 0.1) is 19.3 Å². The Bertz CT molecular complexity index is 185. The Hall–Kier alpha value is -0.120. The summed E-state index contributed by atoms with van der Waals surface area (Å²) >= 11 is 0. The van der Waals surface area contributed by atoms with Gasteiger partial charge in [0, 0.05) is 19.7 Å². The van der Waals surface area contributed by atoms with E-state index in [4.69, 9.17) is 9.47 Å². The number of morpholine rings is 1. The van der Waals surface area contributed by atoms with Crippen molar-refractivity contribution in [2.45, 2.75) is 46.1 Å². The largest absolute Gasteiger partial charge is 0.379 e. The minimum absolute atomic E-state index is 0.285. The summed E-state index contributed by atoms with van der Waals surface area (Å²) in [6, 6.07) is 0. The lowest BCUT2D eigenvalue weighted by molar-refractivity contribution is -0.0701. The van der Waals surface area contributed by atoms with Gasteiger partial charge < -0.3 is 9.47 Å². The number of unbranched alkanes of at least 4 members (excludes halogenated alkanes) is 1. The average Bonchev–Trinajstić information content (AvgIpc) is 2.32. The normalized spacial score (nSPS) is 22.2. The topological polar surface area (TPSA) is 21.7 Å². The molecule has 17 heavy (non-hydrogen) atoms. The lowest BCUT2D eigenvalue weighted by atomic mass is 10.1. The summed E-state index contributed by atoms with van der Waals surface area (Å²) in [6.07, 6.45) is 3.99. The highest BCUT2D eigenvalue weighted by molar-refractivity contribution is 4.71. The van der Waals surface area contributed by atoms with E-state index >= 15 is 0 Å². The first-order valence-corrected chi connectivity index (χ1v) is 7.14. The van der Waals surface area contributed by atoms with E-state index in [0.29, 0.717) is 0 Å². The third-order valence-electron chi connectivity index (χ3n) is 3.19. The highest BCUT2D eigenvalue weighted by atomic mass is 16.5. The van der Waals surface area contributed by atoms with Gasteiger partial charge in [0.15, 0.2) is 0 Å². The first kappa shape index (κ1) is 14.9. The second-order valence-corrected chi connectivity index (χ2v) is 5.40. The molecule has 0 aliphatic carbocycles. The minimum Gasteiger partial charge on any atom is -0.379 e. The van der Waals surface area contributed by atoms with Crippen LogP contribution in [-0.4, -0.2) is 50.5 Å². The van der Waals surface area contributed by atoms with Crippen LogP contribution in [0.3, 0.4) is 0 Å². The van der Waals surface area contributed by atoms with E-state index < -0.39 is 0 Å². The molecule has 1 unspecified atom stereocenters. The van der Waals surface area contributed by atoms with E-state index in [-0.39, 0.29) is 6.10 Å². The smallest absolute Gasteiger partial charge is 0.0935 e. The van der Waals surface area contributed by atoms with Crippen LogP contribution >= 0.6 is 0 Å². The molecular weight excluding hydrogens is 214 g/mol. The van der Waals surface area contributed by atoms with Crippen LogP contribution in [-0.2, 0) is 9.47 Å². The number of ether oxygens (including phenoxy) is 2. The Morgan fingerprint density at radius 2 is 2.24 bits per heavy atom. The summed E-state index contributed by atoms with van der Waals surface area (Å²) in [4.78, 5) is 2.50. The van der Waals surface area contributed by atoms with Gasteiger partial charge >= 0.3 is 0 Å². The molecule has 0 spiro atoms. The molecule has 1 aliphatic rings. The molecule has 1 saturated heterocycles.